The highest BCUT2D eigenvalue weighted by atomic mass is 32.2. The van der Waals surface area contributed by atoms with Crippen molar-refractivity contribution in [1.29, 1.82) is 0 Å². The summed E-state index contributed by atoms with van der Waals surface area (Å²) in [6, 6.07) is 9.68. The van der Waals surface area contributed by atoms with Crippen molar-refractivity contribution in [1.82, 2.24) is 19.5 Å². The van der Waals surface area contributed by atoms with E-state index in [-0.39, 0.29) is 28.4 Å². The van der Waals surface area contributed by atoms with Crippen LogP contribution in [-0.4, -0.2) is 31.2 Å². The summed E-state index contributed by atoms with van der Waals surface area (Å²) in [5, 5.41) is 5.29. The third-order valence-corrected chi connectivity index (χ3v) is 6.41. The minimum atomic E-state index is -0.265. The van der Waals surface area contributed by atoms with E-state index in [2.05, 4.69) is 20.3 Å². The summed E-state index contributed by atoms with van der Waals surface area (Å²) in [4.78, 5) is 39.3. The monoisotopic (exact) mass is 437 g/mol. The average Bonchev–Trinajstić information content (AvgIpc) is 3.25. The van der Waals surface area contributed by atoms with Crippen LogP contribution in [0, 0.1) is 13.8 Å². The fourth-order valence-electron chi connectivity index (χ4n) is 2.88. The Morgan fingerprint density at radius 2 is 2.00 bits per heavy atom. The van der Waals surface area contributed by atoms with Crippen molar-refractivity contribution in [2.45, 2.75) is 25.5 Å². The number of anilines is 1. The van der Waals surface area contributed by atoms with Crippen LogP contribution in [0.2, 0.25) is 0 Å². The Morgan fingerprint density at radius 3 is 2.77 bits per heavy atom. The lowest BCUT2D eigenvalue weighted by molar-refractivity contribution is -0.113. The Hall–Kier alpha value is -3.04. The lowest BCUT2D eigenvalue weighted by atomic mass is 10.1. The first-order valence-electron chi connectivity index (χ1n) is 9.25. The zero-order chi connectivity index (χ0) is 21.1. The number of carbonyl (C=O) groups is 1. The lowest BCUT2D eigenvalue weighted by Crippen LogP contribution is -2.25. The van der Waals surface area contributed by atoms with Gasteiger partial charge in [0.1, 0.15) is 0 Å². The van der Waals surface area contributed by atoms with Gasteiger partial charge in [-0.2, -0.15) is 0 Å². The first-order chi connectivity index (χ1) is 14.5. The summed E-state index contributed by atoms with van der Waals surface area (Å²) in [7, 11) is 0. The van der Waals surface area contributed by atoms with Gasteiger partial charge in [-0.25, -0.2) is 15.0 Å². The summed E-state index contributed by atoms with van der Waals surface area (Å²) in [6.07, 6.45) is 2.98. The van der Waals surface area contributed by atoms with Crippen molar-refractivity contribution >= 4 is 45.9 Å². The molecule has 0 aliphatic rings. The number of aryl methyl sites for hydroxylation is 2. The summed E-state index contributed by atoms with van der Waals surface area (Å²) < 4.78 is 1.55. The van der Waals surface area contributed by atoms with Gasteiger partial charge in [0, 0.05) is 23.0 Å². The second-order valence-electron chi connectivity index (χ2n) is 6.73. The quantitative estimate of drug-likeness (QED) is 0.366. The Morgan fingerprint density at radius 1 is 1.17 bits per heavy atom. The van der Waals surface area contributed by atoms with Gasteiger partial charge in [-0.3, -0.25) is 14.2 Å². The molecule has 152 valence electrons. The van der Waals surface area contributed by atoms with Gasteiger partial charge in [0.2, 0.25) is 5.91 Å². The second-order valence-corrected chi connectivity index (χ2v) is 8.70. The number of thiophene rings is 1. The van der Waals surface area contributed by atoms with E-state index in [1.807, 2.05) is 49.6 Å². The van der Waals surface area contributed by atoms with Gasteiger partial charge in [-0.15, -0.1) is 11.3 Å². The number of thioether (sulfide) groups is 1. The van der Waals surface area contributed by atoms with Crippen LogP contribution in [0.3, 0.4) is 0 Å². The maximum Gasteiger partial charge on any atom is 0.282 e. The van der Waals surface area contributed by atoms with Crippen LogP contribution in [0.5, 0.6) is 0 Å². The fourth-order valence-corrected chi connectivity index (χ4v) is 4.36. The molecule has 1 N–H and O–H groups in total. The van der Waals surface area contributed by atoms with Gasteiger partial charge in [0.15, 0.2) is 16.3 Å². The van der Waals surface area contributed by atoms with Crippen LogP contribution in [0.1, 0.15) is 16.0 Å². The van der Waals surface area contributed by atoms with Crippen molar-refractivity contribution in [2.24, 2.45) is 0 Å². The molecular weight excluding hydrogens is 418 g/mol. The van der Waals surface area contributed by atoms with Gasteiger partial charge < -0.3 is 5.32 Å². The third kappa shape index (κ3) is 4.42. The van der Waals surface area contributed by atoms with E-state index in [4.69, 9.17) is 0 Å². The van der Waals surface area contributed by atoms with Crippen molar-refractivity contribution in [3.63, 3.8) is 0 Å². The predicted octanol–water partition coefficient (Wildman–Crippen LogP) is 3.64. The van der Waals surface area contributed by atoms with Crippen molar-refractivity contribution in [3.05, 3.63) is 74.5 Å². The summed E-state index contributed by atoms with van der Waals surface area (Å²) in [5.74, 6) is -0.0466. The molecule has 0 bridgehead atoms. The number of nitrogens with one attached hydrogen (secondary N) is 1. The molecular formula is C21H19N5O2S2. The van der Waals surface area contributed by atoms with Gasteiger partial charge in [-0.05, 0) is 48.6 Å². The van der Waals surface area contributed by atoms with Crippen LogP contribution in [-0.2, 0) is 11.3 Å². The zero-order valence-electron chi connectivity index (χ0n) is 16.5. The molecule has 0 aliphatic carbocycles. The average molecular weight is 438 g/mol. The SMILES string of the molecule is Cc1ccc(NC(=O)CSc2nc3nccnc3c(=O)n2Cc2cccs2)cc1C. The van der Waals surface area contributed by atoms with E-state index in [1.165, 1.54) is 29.7 Å². The smallest absolute Gasteiger partial charge is 0.282 e. The lowest BCUT2D eigenvalue weighted by Gasteiger charge is -2.12. The molecule has 0 radical (unpaired) electrons. The molecule has 0 aliphatic heterocycles. The molecule has 3 heterocycles. The molecule has 0 atom stereocenters. The summed E-state index contributed by atoms with van der Waals surface area (Å²) in [6.45, 7) is 4.40. The van der Waals surface area contributed by atoms with Crippen molar-refractivity contribution < 1.29 is 4.79 Å². The predicted molar refractivity (Wildman–Crippen MR) is 120 cm³/mol. The number of hydrogen-bond donors (Lipinski definition) is 1. The summed E-state index contributed by atoms with van der Waals surface area (Å²) in [5.41, 5.74) is 3.26. The zero-order valence-corrected chi connectivity index (χ0v) is 18.1. The van der Waals surface area contributed by atoms with Gasteiger partial charge in [0.25, 0.3) is 5.56 Å². The van der Waals surface area contributed by atoms with Gasteiger partial charge in [-0.1, -0.05) is 23.9 Å². The Kier molecular flexibility index (Phi) is 5.91. The molecule has 0 saturated heterocycles. The first kappa shape index (κ1) is 20.2. The largest absolute Gasteiger partial charge is 0.325 e. The normalized spacial score (nSPS) is 11.0. The second kappa shape index (κ2) is 8.76. The van der Waals surface area contributed by atoms with Crippen LogP contribution >= 0.6 is 23.1 Å². The molecule has 0 spiro atoms. The van der Waals surface area contributed by atoms with E-state index in [0.29, 0.717) is 11.7 Å². The van der Waals surface area contributed by atoms with E-state index in [9.17, 15) is 9.59 Å². The Labute approximate surface area is 181 Å². The Bertz CT molecular complexity index is 1270. The molecule has 30 heavy (non-hydrogen) atoms. The third-order valence-electron chi connectivity index (χ3n) is 4.58. The topological polar surface area (TPSA) is 89.8 Å². The number of nitrogens with zero attached hydrogens (tertiary/aromatic N) is 4. The van der Waals surface area contributed by atoms with Crippen LogP contribution in [0.4, 0.5) is 5.69 Å². The molecule has 1 amide bonds. The van der Waals surface area contributed by atoms with Gasteiger partial charge >= 0.3 is 0 Å². The molecule has 0 fully saturated rings. The molecule has 3 aromatic heterocycles. The standard InChI is InChI=1S/C21H19N5O2S2/c1-13-5-6-15(10-14(13)2)24-17(27)12-30-21-25-19-18(22-7-8-23-19)20(28)26(21)11-16-4-3-9-29-16/h3-10H,11-12H2,1-2H3,(H,24,27). The number of fused-ring (bicyclic) bond motifs is 1. The molecule has 9 heteroatoms. The van der Waals surface area contributed by atoms with E-state index in [0.717, 1.165) is 16.1 Å². The molecule has 4 rings (SSSR count). The molecule has 7 nitrogen and oxygen atoms in total. The number of amides is 1. The van der Waals surface area contributed by atoms with Crippen molar-refractivity contribution in [2.75, 3.05) is 11.1 Å². The molecule has 0 unspecified atom stereocenters. The van der Waals surface area contributed by atoms with E-state index >= 15 is 0 Å². The van der Waals surface area contributed by atoms with E-state index in [1.54, 1.807) is 15.9 Å². The number of aromatic nitrogens is 4. The maximum atomic E-state index is 13.0. The molecule has 1 aromatic carbocycles. The van der Waals surface area contributed by atoms with E-state index < -0.39 is 0 Å². The van der Waals surface area contributed by atoms with Gasteiger partial charge in [0.05, 0.1) is 12.3 Å². The van der Waals surface area contributed by atoms with Crippen molar-refractivity contribution in [3.8, 4) is 0 Å². The molecule has 0 saturated carbocycles. The number of hydrogen-bond acceptors (Lipinski definition) is 7. The minimum absolute atomic E-state index is 0.121. The Balaban J connectivity index is 1.58. The highest BCUT2D eigenvalue weighted by Crippen LogP contribution is 2.20. The maximum absolute atomic E-state index is 13.0. The number of carbonyl (C=O) groups excluding carboxylic acids is 1. The number of benzene rings is 1. The minimum Gasteiger partial charge on any atom is -0.325 e. The van der Waals surface area contributed by atoms with Crippen LogP contribution < -0.4 is 10.9 Å². The highest BCUT2D eigenvalue weighted by Gasteiger charge is 2.15. The highest BCUT2D eigenvalue weighted by molar-refractivity contribution is 7.99. The molecule has 4 aromatic rings. The van der Waals surface area contributed by atoms with Crippen LogP contribution in [0.25, 0.3) is 11.2 Å². The van der Waals surface area contributed by atoms with Crippen LogP contribution in [0.15, 0.2) is 58.1 Å². The summed E-state index contributed by atoms with van der Waals surface area (Å²) >= 11 is 2.77. The first-order valence-corrected chi connectivity index (χ1v) is 11.1. The fraction of sp³-hybridized carbons (Fsp3) is 0.190. The number of rotatable bonds is 6.